The zero-order chi connectivity index (χ0) is 41.6. The van der Waals surface area contributed by atoms with Crippen LogP contribution in [0.4, 0.5) is 132 Å². The molecular weight excluding hydrogens is 826 g/mol. The summed E-state index contributed by atoms with van der Waals surface area (Å²) in [6.45, 7) is 0. The normalized spacial score (nSPS) is 16.5. The number of Topliss-reactive ketones (excluding diaryl/α,β-unsaturated/α-hetero) is 2. The molecule has 298 valence electrons. The molecule has 0 amide bonds. The molecule has 0 bridgehead atoms. The summed E-state index contributed by atoms with van der Waals surface area (Å²) < 4.78 is 390. The molecule has 0 radical (unpaired) electrons. The van der Waals surface area contributed by atoms with Gasteiger partial charge in [0.25, 0.3) is 0 Å². The lowest BCUT2D eigenvalue weighted by Gasteiger charge is -2.39. The van der Waals surface area contributed by atoms with Crippen LogP contribution in [-0.2, 0) is 19.4 Å². The van der Waals surface area contributed by atoms with Gasteiger partial charge in [0.15, 0.2) is 0 Å². The Balaban J connectivity index is 6.72. The molecule has 0 heterocycles. The molecule has 0 saturated carbocycles. The summed E-state index contributed by atoms with van der Waals surface area (Å²) >= 11 is 0. The van der Waals surface area contributed by atoms with Gasteiger partial charge in [-0.3, -0.25) is 9.59 Å². The molecule has 0 fully saturated rings. The third-order valence-electron chi connectivity index (χ3n) is 5.22. The first kappa shape index (κ1) is 47.2. The minimum absolute atomic E-state index is 1.33. The number of carbonyl (C=O) groups is 2. The first-order chi connectivity index (χ1) is 21.0. The standard InChI is InChI=1S/C16F30O4/c17-3(18,7(25,26)9(29,30)11(33,34)13(37,38)15(41,42)43)1(47)5(21,22)49-50-6(23,24)2(48)4(19,20)8(27,28)10(31,32)12(35,36)14(39,40)16(44,45)46. The molecule has 0 aromatic heterocycles. The molecule has 0 aliphatic carbocycles. The molecule has 0 aromatic rings. The third kappa shape index (κ3) is 6.31. The van der Waals surface area contributed by atoms with Crippen LogP contribution in [-0.4, -0.2) is 95.4 Å². The highest BCUT2D eigenvalue weighted by molar-refractivity contribution is 5.93. The number of ketones is 2. The minimum atomic E-state index is -9.08. The second-order valence-electron chi connectivity index (χ2n) is 8.60. The number of halogens is 30. The van der Waals surface area contributed by atoms with Gasteiger partial charge in [-0.15, -0.1) is 9.78 Å². The number of alkyl halides is 30. The van der Waals surface area contributed by atoms with Crippen molar-refractivity contribution in [1.82, 2.24) is 0 Å². The Morgan fingerprint density at radius 3 is 0.580 bits per heavy atom. The molecule has 0 aliphatic heterocycles. The monoisotopic (exact) mass is 826 g/mol. The molecule has 0 aliphatic rings. The van der Waals surface area contributed by atoms with Gasteiger partial charge >= 0.3 is 95.4 Å². The predicted octanol–water partition coefficient (Wildman–Crippen LogP) is 8.74. The van der Waals surface area contributed by atoms with Gasteiger partial charge in [0.1, 0.15) is 0 Å². The van der Waals surface area contributed by atoms with Crippen LogP contribution in [0.5, 0.6) is 0 Å². The molecule has 34 heteroatoms. The van der Waals surface area contributed by atoms with Crippen molar-refractivity contribution in [2.24, 2.45) is 0 Å². The molecular formula is C16F30O4. The van der Waals surface area contributed by atoms with Gasteiger partial charge in [0.05, 0.1) is 0 Å². The number of rotatable bonds is 15. The van der Waals surface area contributed by atoms with E-state index >= 15 is 0 Å². The zero-order valence-corrected chi connectivity index (χ0v) is 21.0. The Hall–Kier alpha value is -2.84. The van der Waals surface area contributed by atoms with E-state index < -0.39 is 95.4 Å². The lowest BCUT2D eigenvalue weighted by atomic mass is 9.92. The molecule has 0 atom stereocenters. The predicted molar refractivity (Wildman–Crippen MR) is 83.7 cm³/mol. The summed E-state index contributed by atoms with van der Waals surface area (Å²) in [7, 11) is 0. The number of hydrogen-bond acceptors (Lipinski definition) is 4. The third-order valence-corrected chi connectivity index (χ3v) is 5.22. The van der Waals surface area contributed by atoms with Crippen molar-refractivity contribution in [1.29, 1.82) is 0 Å². The minimum Gasteiger partial charge on any atom is -0.283 e. The van der Waals surface area contributed by atoms with Crippen LogP contribution in [0.1, 0.15) is 0 Å². The Labute approximate surface area is 248 Å². The smallest absolute Gasteiger partial charge is 0.283 e. The van der Waals surface area contributed by atoms with Gasteiger partial charge < -0.3 is 0 Å². The van der Waals surface area contributed by atoms with Crippen LogP contribution in [0.2, 0.25) is 0 Å². The van der Waals surface area contributed by atoms with Crippen molar-refractivity contribution in [3.63, 3.8) is 0 Å². The summed E-state index contributed by atoms with van der Waals surface area (Å²) in [5.74, 6) is -100. The molecule has 4 nitrogen and oxygen atoms in total. The van der Waals surface area contributed by atoms with E-state index in [0.29, 0.717) is 0 Å². The quantitative estimate of drug-likeness (QED) is 0.0943. The first-order valence-electron chi connectivity index (χ1n) is 10.2. The van der Waals surface area contributed by atoms with Crippen molar-refractivity contribution in [3.8, 4) is 0 Å². The van der Waals surface area contributed by atoms with E-state index in [2.05, 4.69) is 0 Å². The topological polar surface area (TPSA) is 52.6 Å². The van der Waals surface area contributed by atoms with E-state index in [-0.39, 0.29) is 0 Å². The Kier molecular flexibility index (Phi) is 11.2. The highest BCUT2D eigenvalue weighted by atomic mass is 19.4. The van der Waals surface area contributed by atoms with Gasteiger partial charge in [0.2, 0.25) is 0 Å². The average molecular weight is 826 g/mol. The maximum atomic E-state index is 13.5. The second kappa shape index (κ2) is 11.8. The van der Waals surface area contributed by atoms with Crippen molar-refractivity contribution >= 4 is 11.6 Å². The number of carbonyl (C=O) groups excluding carboxylic acids is 2. The van der Waals surface area contributed by atoms with E-state index in [1.165, 1.54) is 9.78 Å². The van der Waals surface area contributed by atoms with E-state index in [0.717, 1.165) is 0 Å². The zero-order valence-electron chi connectivity index (χ0n) is 21.0. The van der Waals surface area contributed by atoms with E-state index in [1.54, 1.807) is 0 Å². The van der Waals surface area contributed by atoms with Gasteiger partial charge in [-0.05, 0) is 0 Å². The molecule has 0 spiro atoms. The number of hydrogen-bond donors (Lipinski definition) is 0. The van der Waals surface area contributed by atoms with Gasteiger partial charge in [0, 0.05) is 0 Å². The SMILES string of the molecule is O=C(C(F)(F)OOC(F)(F)C(=O)C(F)(F)C(F)(F)C(F)(F)C(F)(F)C(F)(F)C(F)(F)F)C(F)(F)C(F)(F)C(F)(F)C(F)(F)C(F)(F)C(F)(F)F. The van der Waals surface area contributed by atoms with Gasteiger partial charge in [-0.25, -0.2) is 0 Å². The van der Waals surface area contributed by atoms with E-state index in [1.807, 2.05) is 0 Å². The lowest BCUT2D eigenvalue weighted by molar-refractivity contribution is -0.499. The Morgan fingerprint density at radius 2 is 0.420 bits per heavy atom. The van der Waals surface area contributed by atoms with Crippen LogP contribution >= 0.6 is 0 Å². The molecule has 0 unspecified atom stereocenters. The molecule has 0 aromatic carbocycles. The Bertz CT molecular complexity index is 1190. The van der Waals surface area contributed by atoms with Crippen LogP contribution in [0.3, 0.4) is 0 Å². The fourth-order valence-corrected chi connectivity index (χ4v) is 2.37. The van der Waals surface area contributed by atoms with Crippen LogP contribution < -0.4 is 0 Å². The summed E-state index contributed by atoms with van der Waals surface area (Å²) in [6, 6.07) is 0. The van der Waals surface area contributed by atoms with Gasteiger partial charge in [-0.2, -0.15) is 132 Å². The van der Waals surface area contributed by atoms with Crippen LogP contribution in [0, 0.1) is 0 Å². The largest absolute Gasteiger partial charge is 0.460 e. The molecule has 0 N–H and O–H groups in total. The summed E-state index contributed by atoms with van der Waals surface area (Å²) in [4.78, 5) is 24.4. The highest BCUT2D eigenvalue weighted by Crippen LogP contribution is 2.62. The lowest BCUT2D eigenvalue weighted by Crippen LogP contribution is -2.72. The van der Waals surface area contributed by atoms with Crippen molar-refractivity contribution < 1.29 is 151 Å². The summed E-state index contributed by atoms with van der Waals surface area (Å²) in [6.07, 6.45) is -32.1. The maximum Gasteiger partial charge on any atom is 0.460 e. The molecule has 50 heavy (non-hydrogen) atoms. The average Bonchev–Trinajstić information content (AvgIpc) is 2.88. The van der Waals surface area contributed by atoms with E-state index in [9.17, 15) is 141 Å². The molecule has 0 saturated heterocycles. The van der Waals surface area contributed by atoms with Crippen molar-refractivity contribution in [3.05, 3.63) is 0 Å². The Morgan fingerprint density at radius 1 is 0.260 bits per heavy atom. The molecule has 0 rings (SSSR count). The maximum absolute atomic E-state index is 13.5. The second-order valence-corrected chi connectivity index (χ2v) is 8.60. The fourth-order valence-electron chi connectivity index (χ4n) is 2.37. The fraction of sp³-hybridized carbons (Fsp3) is 0.875. The first-order valence-corrected chi connectivity index (χ1v) is 10.2. The summed E-state index contributed by atoms with van der Waals surface area (Å²) in [5.41, 5.74) is 0. The van der Waals surface area contributed by atoms with Gasteiger partial charge in [-0.1, -0.05) is 0 Å². The van der Waals surface area contributed by atoms with Crippen LogP contribution in [0.25, 0.3) is 0 Å². The van der Waals surface area contributed by atoms with Crippen LogP contribution in [0.15, 0.2) is 0 Å². The van der Waals surface area contributed by atoms with E-state index in [4.69, 9.17) is 0 Å². The van der Waals surface area contributed by atoms with Crippen molar-refractivity contribution in [2.75, 3.05) is 0 Å². The van der Waals surface area contributed by atoms with Crippen molar-refractivity contribution in [2.45, 2.75) is 83.8 Å². The highest BCUT2D eigenvalue weighted by Gasteiger charge is 2.94. The summed E-state index contributed by atoms with van der Waals surface area (Å²) in [5, 5.41) is 0.